The molecule has 4 nitrogen and oxygen atoms in total. The van der Waals surface area contributed by atoms with E-state index in [4.69, 9.17) is 4.74 Å². The lowest BCUT2D eigenvalue weighted by atomic mass is 10.2. The summed E-state index contributed by atoms with van der Waals surface area (Å²) in [6.07, 6.45) is 2.96. The highest BCUT2D eigenvalue weighted by atomic mass is 79.9. The highest BCUT2D eigenvalue weighted by Gasteiger charge is 2.19. The SMILES string of the molecule is CCCNC(COCC)c1c(Br)cnn1CC. The van der Waals surface area contributed by atoms with E-state index >= 15 is 0 Å². The number of nitrogens with zero attached hydrogens (tertiary/aromatic N) is 2. The Morgan fingerprint density at radius 3 is 2.82 bits per heavy atom. The second kappa shape index (κ2) is 7.84. The van der Waals surface area contributed by atoms with Crippen LogP contribution in [-0.2, 0) is 11.3 Å². The minimum absolute atomic E-state index is 0.201. The van der Waals surface area contributed by atoms with Crippen LogP contribution in [0.2, 0.25) is 0 Å². The molecule has 0 spiro atoms. The van der Waals surface area contributed by atoms with Crippen LogP contribution in [0.4, 0.5) is 0 Å². The number of aryl methyl sites for hydroxylation is 1. The van der Waals surface area contributed by atoms with Crippen molar-refractivity contribution >= 4 is 15.9 Å². The van der Waals surface area contributed by atoms with Crippen LogP contribution in [-0.4, -0.2) is 29.5 Å². The van der Waals surface area contributed by atoms with Gasteiger partial charge in [0.1, 0.15) is 0 Å². The van der Waals surface area contributed by atoms with Crippen molar-refractivity contribution in [3.63, 3.8) is 0 Å². The highest BCUT2D eigenvalue weighted by molar-refractivity contribution is 9.10. The fraction of sp³-hybridized carbons (Fsp3) is 0.750. The molecule has 0 bridgehead atoms. The number of hydrogen-bond donors (Lipinski definition) is 1. The van der Waals surface area contributed by atoms with Gasteiger partial charge in [-0.15, -0.1) is 0 Å². The van der Waals surface area contributed by atoms with Gasteiger partial charge in [-0.3, -0.25) is 4.68 Å². The Hall–Kier alpha value is -0.390. The molecule has 1 atom stereocenters. The quantitative estimate of drug-likeness (QED) is 0.802. The third-order valence-corrected chi connectivity index (χ3v) is 3.20. The molecular formula is C12H22BrN3O. The molecule has 0 saturated carbocycles. The van der Waals surface area contributed by atoms with Gasteiger partial charge in [0.05, 0.1) is 29.0 Å². The standard InChI is InChI=1S/C12H22BrN3O/c1-4-7-14-11(9-17-6-3)12-10(13)8-15-16(12)5-2/h8,11,14H,4-7,9H2,1-3H3. The molecule has 1 N–H and O–H groups in total. The first-order valence-electron chi connectivity index (χ1n) is 6.26. The molecular weight excluding hydrogens is 282 g/mol. The first kappa shape index (κ1) is 14.7. The largest absolute Gasteiger partial charge is 0.380 e. The van der Waals surface area contributed by atoms with Crippen molar-refractivity contribution in [2.24, 2.45) is 0 Å². The molecule has 1 aromatic rings. The van der Waals surface area contributed by atoms with Crippen LogP contribution in [0.3, 0.4) is 0 Å². The van der Waals surface area contributed by atoms with Gasteiger partial charge in [-0.05, 0) is 42.7 Å². The molecule has 0 radical (unpaired) electrons. The van der Waals surface area contributed by atoms with Gasteiger partial charge in [0.2, 0.25) is 0 Å². The predicted octanol–water partition coefficient (Wildman–Crippen LogP) is 2.74. The lowest BCUT2D eigenvalue weighted by Crippen LogP contribution is -2.29. The van der Waals surface area contributed by atoms with Crippen LogP contribution in [0, 0.1) is 0 Å². The summed E-state index contributed by atoms with van der Waals surface area (Å²) in [6.45, 7) is 9.56. The van der Waals surface area contributed by atoms with Crippen molar-refractivity contribution in [2.45, 2.75) is 39.8 Å². The van der Waals surface area contributed by atoms with Gasteiger partial charge in [0, 0.05) is 13.2 Å². The minimum atomic E-state index is 0.201. The summed E-state index contributed by atoms with van der Waals surface area (Å²) in [5.74, 6) is 0. The lowest BCUT2D eigenvalue weighted by molar-refractivity contribution is 0.120. The summed E-state index contributed by atoms with van der Waals surface area (Å²) in [4.78, 5) is 0. The number of nitrogens with one attached hydrogen (secondary N) is 1. The van der Waals surface area contributed by atoms with Crippen molar-refractivity contribution in [2.75, 3.05) is 19.8 Å². The fourth-order valence-corrected chi connectivity index (χ4v) is 2.33. The summed E-state index contributed by atoms with van der Waals surface area (Å²) in [7, 11) is 0. The highest BCUT2D eigenvalue weighted by Crippen LogP contribution is 2.23. The molecule has 0 fully saturated rings. The average molecular weight is 304 g/mol. The smallest absolute Gasteiger partial charge is 0.0741 e. The maximum Gasteiger partial charge on any atom is 0.0741 e. The molecule has 5 heteroatoms. The van der Waals surface area contributed by atoms with Crippen LogP contribution in [0.5, 0.6) is 0 Å². The first-order chi connectivity index (χ1) is 8.24. The van der Waals surface area contributed by atoms with Gasteiger partial charge in [-0.2, -0.15) is 5.10 Å². The van der Waals surface area contributed by atoms with Crippen LogP contribution < -0.4 is 5.32 Å². The van der Waals surface area contributed by atoms with Crippen molar-refractivity contribution in [3.05, 3.63) is 16.4 Å². The van der Waals surface area contributed by atoms with Gasteiger partial charge in [0.25, 0.3) is 0 Å². The Morgan fingerprint density at radius 2 is 2.24 bits per heavy atom. The third kappa shape index (κ3) is 4.08. The van der Waals surface area contributed by atoms with E-state index < -0.39 is 0 Å². The summed E-state index contributed by atoms with van der Waals surface area (Å²) < 4.78 is 8.61. The maximum atomic E-state index is 5.55. The summed E-state index contributed by atoms with van der Waals surface area (Å²) >= 11 is 3.56. The molecule has 0 aliphatic heterocycles. The Morgan fingerprint density at radius 1 is 1.47 bits per heavy atom. The van der Waals surface area contributed by atoms with Crippen LogP contribution in [0.15, 0.2) is 10.7 Å². The van der Waals surface area contributed by atoms with Crippen molar-refractivity contribution in [1.29, 1.82) is 0 Å². The van der Waals surface area contributed by atoms with Gasteiger partial charge in [0.15, 0.2) is 0 Å². The number of ether oxygens (including phenoxy) is 1. The van der Waals surface area contributed by atoms with Gasteiger partial charge in [-0.1, -0.05) is 6.92 Å². The van der Waals surface area contributed by atoms with E-state index in [-0.39, 0.29) is 6.04 Å². The Balaban J connectivity index is 2.81. The van der Waals surface area contributed by atoms with Gasteiger partial charge in [-0.25, -0.2) is 0 Å². The molecule has 0 aliphatic carbocycles. The van der Waals surface area contributed by atoms with E-state index in [1.807, 2.05) is 17.8 Å². The van der Waals surface area contributed by atoms with Crippen LogP contribution in [0.25, 0.3) is 0 Å². The van der Waals surface area contributed by atoms with Crippen LogP contribution >= 0.6 is 15.9 Å². The van der Waals surface area contributed by atoms with Crippen molar-refractivity contribution in [1.82, 2.24) is 15.1 Å². The Kier molecular flexibility index (Phi) is 6.77. The monoisotopic (exact) mass is 303 g/mol. The summed E-state index contributed by atoms with van der Waals surface area (Å²) in [5.41, 5.74) is 1.18. The molecule has 0 amide bonds. The molecule has 98 valence electrons. The van der Waals surface area contributed by atoms with Crippen LogP contribution in [0.1, 0.15) is 38.9 Å². The fourth-order valence-electron chi connectivity index (χ4n) is 1.76. The molecule has 0 aliphatic rings. The topological polar surface area (TPSA) is 39.1 Å². The Labute approximate surface area is 112 Å². The zero-order valence-corrected chi connectivity index (χ0v) is 12.5. The molecule has 0 saturated heterocycles. The Bertz CT molecular complexity index is 320. The number of hydrogen-bond acceptors (Lipinski definition) is 3. The summed E-state index contributed by atoms with van der Waals surface area (Å²) in [6, 6.07) is 0.201. The lowest BCUT2D eigenvalue weighted by Gasteiger charge is -2.20. The van der Waals surface area contributed by atoms with E-state index in [1.165, 1.54) is 5.69 Å². The molecule has 17 heavy (non-hydrogen) atoms. The average Bonchev–Trinajstić information content (AvgIpc) is 2.71. The van der Waals surface area contributed by atoms with Crippen molar-refractivity contribution < 1.29 is 4.74 Å². The molecule has 1 aromatic heterocycles. The molecule has 1 heterocycles. The van der Waals surface area contributed by atoms with E-state index in [9.17, 15) is 0 Å². The molecule has 0 aromatic carbocycles. The predicted molar refractivity (Wildman–Crippen MR) is 73.1 cm³/mol. The molecule has 1 rings (SSSR count). The van der Waals surface area contributed by atoms with E-state index in [2.05, 4.69) is 40.2 Å². The number of aromatic nitrogens is 2. The normalized spacial score (nSPS) is 12.9. The molecule has 1 unspecified atom stereocenters. The van der Waals surface area contributed by atoms with E-state index in [0.717, 1.165) is 30.6 Å². The first-order valence-corrected chi connectivity index (χ1v) is 7.06. The van der Waals surface area contributed by atoms with Gasteiger partial charge >= 0.3 is 0 Å². The van der Waals surface area contributed by atoms with Crippen molar-refractivity contribution in [3.8, 4) is 0 Å². The zero-order chi connectivity index (χ0) is 12.7. The second-order valence-electron chi connectivity index (χ2n) is 3.86. The van der Waals surface area contributed by atoms with E-state index in [1.54, 1.807) is 0 Å². The van der Waals surface area contributed by atoms with Gasteiger partial charge < -0.3 is 10.1 Å². The number of rotatable bonds is 8. The zero-order valence-electron chi connectivity index (χ0n) is 10.9. The maximum absolute atomic E-state index is 5.55. The minimum Gasteiger partial charge on any atom is -0.380 e. The van der Waals surface area contributed by atoms with E-state index in [0.29, 0.717) is 6.61 Å². The number of halogens is 1. The third-order valence-electron chi connectivity index (χ3n) is 2.59. The summed E-state index contributed by atoms with van der Waals surface area (Å²) in [5, 5.41) is 7.85. The second-order valence-corrected chi connectivity index (χ2v) is 4.71.